The number of hydrogen-bond donors (Lipinski definition) is 1. The Morgan fingerprint density at radius 3 is 2.28 bits per heavy atom. The topological polar surface area (TPSA) is 140 Å². The highest BCUT2D eigenvalue weighted by Crippen LogP contribution is 2.48. The average molecular weight is 667 g/mol. The Morgan fingerprint density at radius 1 is 0.957 bits per heavy atom. The molecule has 0 fully saturated rings. The molecule has 1 unspecified atom stereocenters. The lowest BCUT2D eigenvalue weighted by molar-refractivity contribution is -0.384. The van der Waals surface area contributed by atoms with Crippen LogP contribution in [0.5, 0.6) is 0 Å². The molecule has 1 amide bonds. The highest BCUT2D eigenvalue weighted by Gasteiger charge is 2.43. The van der Waals surface area contributed by atoms with Gasteiger partial charge in [-0.2, -0.15) is 5.10 Å². The molecule has 1 N–H and O–H groups in total. The zero-order valence-corrected chi connectivity index (χ0v) is 27.0. The number of anilines is 2. The standard InChI is InChI=1S/C34H27ClN6O5S/c1-19(2)21-8-13-24(14-9-21)47(45,46)25-15-11-23(12-16-25)40-32-30(20(3)38-40)31(22-10-17-26(35)29(18-22)41(43)44)39-28-7-5-4-6-27(28)36-34(42)33(39)37-32/h4-19,31H,1-3H3,(H,36,42). The lowest BCUT2D eigenvalue weighted by Gasteiger charge is -2.40. The Morgan fingerprint density at radius 2 is 1.62 bits per heavy atom. The van der Waals surface area contributed by atoms with E-state index in [4.69, 9.17) is 21.7 Å². The van der Waals surface area contributed by atoms with Gasteiger partial charge in [0.2, 0.25) is 15.7 Å². The summed E-state index contributed by atoms with van der Waals surface area (Å²) in [4.78, 5) is 31.7. The predicted molar refractivity (Wildman–Crippen MR) is 179 cm³/mol. The Hall–Kier alpha value is -5.33. The van der Waals surface area contributed by atoms with Gasteiger partial charge in [-0.3, -0.25) is 14.9 Å². The van der Waals surface area contributed by atoms with Crippen LogP contribution in [0.4, 0.5) is 22.9 Å². The molecule has 0 saturated heterocycles. The average Bonchev–Trinajstić information content (AvgIpc) is 3.40. The van der Waals surface area contributed by atoms with Crippen molar-refractivity contribution in [1.29, 1.82) is 0 Å². The van der Waals surface area contributed by atoms with Crippen molar-refractivity contribution in [1.82, 2.24) is 9.78 Å². The van der Waals surface area contributed by atoms with E-state index >= 15 is 0 Å². The van der Waals surface area contributed by atoms with Gasteiger partial charge < -0.3 is 10.2 Å². The molecule has 2 aliphatic heterocycles. The van der Waals surface area contributed by atoms with Crippen molar-refractivity contribution >= 4 is 56.1 Å². The molecule has 0 radical (unpaired) electrons. The molecule has 0 saturated carbocycles. The van der Waals surface area contributed by atoms with Crippen LogP contribution in [-0.4, -0.2) is 34.9 Å². The van der Waals surface area contributed by atoms with Crippen molar-refractivity contribution in [2.45, 2.75) is 42.5 Å². The number of nitrogens with zero attached hydrogens (tertiary/aromatic N) is 5. The molecule has 7 rings (SSSR count). The Labute approximate surface area is 275 Å². The predicted octanol–water partition coefficient (Wildman–Crippen LogP) is 7.29. The van der Waals surface area contributed by atoms with E-state index in [0.29, 0.717) is 39.7 Å². The maximum Gasteiger partial charge on any atom is 0.291 e. The summed E-state index contributed by atoms with van der Waals surface area (Å²) in [6.07, 6.45) is 0. The van der Waals surface area contributed by atoms with Gasteiger partial charge >= 0.3 is 0 Å². The molecule has 1 atom stereocenters. The molecule has 236 valence electrons. The van der Waals surface area contributed by atoms with Crippen LogP contribution in [0.3, 0.4) is 0 Å². The minimum Gasteiger partial charge on any atom is -0.317 e. The monoisotopic (exact) mass is 666 g/mol. The van der Waals surface area contributed by atoms with Crippen LogP contribution >= 0.6 is 11.6 Å². The van der Waals surface area contributed by atoms with E-state index in [2.05, 4.69) is 5.32 Å². The molecule has 3 heterocycles. The van der Waals surface area contributed by atoms with Gasteiger partial charge in [0.1, 0.15) is 5.02 Å². The third kappa shape index (κ3) is 4.97. The first-order valence-electron chi connectivity index (χ1n) is 14.7. The van der Waals surface area contributed by atoms with Crippen LogP contribution in [0.15, 0.2) is 106 Å². The molecule has 0 spiro atoms. The normalized spacial score (nSPS) is 15.4. The van der Waals surface area contributed by atoms with Crippen molar-refractivity contribution in [2.75, 3.05) is 10.2 Å². The number of aliphatic imine (C=N–C) groups is 1. The van der Waals surface area contributed by atoms with Crippen molar-refractivity contribution in [3.05, 3.63) is 129 Å². The maximum absolute atomic E-state index is 13.5. The van der Waals surface area contributed by atoms with E-state index < -0.39 is 26.7 Å². The van der Waals surface area contributed by atoms with Crippen LogP contribution < -0.4 is 10.2 Å². The summed E-state index contributed by atoms with van der Waals surface area (Å²) in [6, 6.07) is 24.2. The fraction of sp³-hybridized carbons (Fsp3) is 0.147. The summed E-state index contributed by atoms with van der Waals surface area (Å²) in [7, 11) is -3.79. The number of benzene rings is 4. The second kappa shape index (κ2) is 11.2. The number of rotatable bonds is 6. The number of sulfone groups is 1. The lowest BCUT2D eigenvalue weighted by Crippen LogP contribution is -2.48. The molecule has 47 heavy (non-hydrogen) atoms. The van der Waals surface area contributed by atoms with Crippen LogP contribution in [0.25, 0.3) is 5.69 Å². The molecule has 1 aromatic heterocycles. The van der Waals surface area contributed by atoms with Gasteiger partial charge in [0.15, 0.2) is 5.82 Å². The SMILES string of the molecule is Cc1nn(-c2ccc(S(=O)(=O)c3ccc(C(C)C)cc3)cc2)c2c1C(c1ccc(Cl)c([N+](=O)[O-])c1)N1C(=N2)C(=O)Nc2ccccc21. The second-order valence-electron chi connectivity index (χ2n) is 11.6. The van der Waals surface area contributed by atoms with Crippen LogP contribution in [0.1, 0.15) is 48.2 Å². The molecule has 0 bridgehead atoms. The number of amidine groups is 1. The summed E-state index contributed by atoms with van der Waals surface area (Å²) in [6.45, 7) is 5.88. The number of nitrogens with one attached hydrogen (secondary N) is 1. The summed E-state index contributed by atoms with van der Waals surface area (Å²) in [5, 5.41) is 19.5. The van der Waals surface area contributed by atoms with E-state index in [0.717, 1.165) is 5.56 Å². The smallest absolute Gasteiger partial charge is 0.291 e. The number of nitro benzene ring substituents is 1. The number of aryl methyl sites for hydroxylation is 1. The Kier molecular flexibility index (Phi) is 7.21. The molecule has 5 aromatic rings. The van der Waals surface area contributed by atoms with E-state index in [9.17, 15) is 23.3 Å². The zero-order valence-electron chi connectivity index (χ0n) is 25.4. The number of para-hydroxylation sites is 2. The summed E-state index contributed by atoms with van der Waals surface area (Å²) >= 11 is 6.19. The number of fused-ring (bicyclic) bond motifs is 4. The molecule has 2 aliphatic rings. The second-order valence-corrected chi connectivity index (χ2v) is 14.0. The molecule has 4 aromatic carbocycles. The zero-order chi connectivity index (χ0) is 33.2. The van der Waals surface area contributed by atoms with Crippen molar-refractivity contribution in [3.8, 4) is 5.69 Å². The summed E-state index contributed by atoms with van der Waals surface area (Å²) in [5.74, 6) is 0.224. The number of halogens is 1. The minimum absolute atomic E-state index is 0.0150. The largest absolute Gasteiger partial charge is 0.317 e. The van der Waals surface area contributed by atoms with Crippen molar-refractivity contribution in [2.24, 2.45) is 4.99 Å². The van der Waals surface area contributed by atoms with Crippen molar-refractivity contribution in [3.63, 3.8) is 0 Å². The highest BCUT2D eigenvalue weighted by atomic mass is 35.5. The number of carbonyl (C=O) groups excluding carboxylic acids is 1. The molecule has 13 heteroatoms. The minimum atomic E-state index is -3.79. The molecule has 11 nitrogen and oxygen atoms in total. The van der Waals surface area contributed by atoms with Gasteiger partial charge in [-0.1, -0.05) is 55.8 Å². The van der Waals surface area contributed by atoms with Gasteiger partial charge in [-0.25, -0.2) is 18.1 Å². The quantitative estimate of drug-likeness (QED) is 0.148. The van der Waals surface area contributed by atoms with E-state index in [1.807, 2.05) is 38.1 Å². The number of carbonyl (C=O) groups is 1. The fourth-order valence-corrected chi connectivity index (χ4v) is 7.46. The number of amides is 1. The highest BCUT2D eigenvalue weighted by molar-refractivity contribution is 7.91. The number of nitro groups is 1. The fourth-order valence-electron chi connectivity index (χ4n) is 6.01. The van der Waals surface area contributed by atoms with Gasteiger partial charge in [-0.05, 0) is 78.6 Å². The third-order valence-electron chi connectivity index (χ3n) is 8.40. The van der Waals surface area contributed by atoms with Gasteiger partial charge in [-0.15, -0.1) is 0 Å². The molecule has 0 aliphatic carbocycles. The molecular formula is C34H27ClN6O5S. The van der Waals surface area contributed by atoms with Gasteiger partial charge in [0.05, 0.1) is 43.5 Å². The maximum atomic E-state index is 13.5. The first-order chi connectivity index (χ1) is 22.5. The first-order valence-corrected chi connectivity index (χ1v) is 16.6. The Balaban J connectivity index is 1.37. The van der Waals surface area contributed by atoms with E-state index in [1.54, 1.807) is 59.0 Å². The number of hydrogen-bond acceptors (Lipinski definition) is 8. The molecular weight excluding hydrogens is 640 g/mol. The van der Waals surface area contributed by atoms with Crippen LogP contribution in [-0.2, 0) is 14.6 Å². The first kappa shape index (κ1) is 30.3. The third-order valence-corrected chi connectivity index (χ3v) is 10.5. The van der Waals surface area contributed by atoms with E-state index in [-0.39, 0.29) is 32.3 Å². The summed E-state index contributed by atoms with van der Waals surface area (Å²) < 4.78 is 28.4. The van der Waals surface area contributed by atoms with Crippen LogP contribution in [0, 0.1) is 17.0 Å². The van der Waals surface area contributed by atoms with Gasteiger partial charge in [0, 0.05) is 11.6 Å². The summed E-state index contributed by atoms with van der Waals surface area (Å²) in [5.41, 5.74) is 4.19. The van der Waals surface area contributed by atoms with Crippen LogP contribution in [0.2, 0.25) is 5.02 Å². The lowest BCUT2D eigenvalue weighted by atomic mass is 9.93. The van der Waals surface area contributed by atoms with Crippen molar-refractivity contribution < 1.29 is 18.1 Å². The number of aromatic nitrogens is 2. The van der Waals surface area contributed by atoms with E-state index in [1.165, 1.54) is 24.3 Å². The van der Waals surface area contributed by atoms with Gasteiger partial charge in [0.25, 0.3) is 11.6 Å². The Bertz CT molecular complexity index is 2250.